The third kappa shape index (κ3) is 1.72. The molecule has 2 aliphatic heterocycles. The van der Waals surface area contributed by atoms with Crippen molar-refractivity contribution in [1.82, 2.24) is 10.6 Å². The number of ether oxygens (including phenoxy) is 1. The van der Waals surface area contributed by atoms with E-state index in [1.54, 1.807) is 0 Å². The summed E-state index contributed by atoms with van der Waals surface area (Å²) in [6.07, 6.45) is 4.68. The summed E-state index contributed by atoms with van der Waals surface area (Å²) < 4.78 is 5.38. The van der Waals surface area contributed by atoms with E-state index in [2.05, 4.69) is 10.6 Å². The molecule has 0 radical (unpaired) electrons. The number of nitrogens with one attached hydrogen (secondary N) is 2. The van der Waals surface area contributed by atoms with Crippen LogP contribution in [0.25, 0.3) is 0 Å². The third-order valence-electron chi connectivity index (χ3n) is 2.55. The first-order valence-corrected chi connectivity index (χ1v) is 4.46. The van der Waals surface area contributed by atoms with E-state index in [1.165, 1.54) is 25.8 Å². The lowest BCUT2D eigenvalue weighted by Crippen LogP contribution is -2.25. The molecule has 3 nitrogen and oxygen atoms in total. The molecule has 0 aromatic heterocycles. The van der Waals surface area contributed by atoms with Crippen LogP contribution in [-0.4, -0.2) is 32.0 Å². The van der Waals surface area contributed by atoms with Gasteiger partial charge in [0.05, 0.1) is 0 Å². The molecule has 0 spiro atoms. The molecule has 2 saturated heterocycles. The molecule has 0 aromatic rings. The molecule has 2 fully saturated rings. The highest BCUT2D eigenvalue weighted by Crippen LogP contribution is 2.26. The van der Waals surface area contributed by atoms with Gasteiger partial charge in [-0.2, -0.15) is 0 Å². The highest BCUT2D eigenvalue weighted by molar-refractivity contribution is 4.87. The van der Waals surface area contributed by atoms with Crippen LogP contribution in [0.15, 0.2) is 0 Å². The molecular weight excluding hydrogens is 140 g/mol. The summed E-state index contributed by atoms with van der Waals surface area (Å²) in [4.78, 5) is 0. The predicted octanol–water partition coefficient (Wildman–Crippen LogP) is 0.0728. The van der Waals surface area contributed by atoms with Gasteiger partial charge in [-0.1, -0.05) is 0 Å². The largest absolute Gasteiger partial charge is 0.353 e. The molecule has 0 unspecified atom stereocenters. The summed E-state index contributed by atoms with van der Waals surface area (Å²) in [5, 5.41) is 6.58. The molecule has 3 atom stereocenters. The number of rotatable bonds is 3. The van der Waals surface area contributed by atoms with Crippen LogP contribution in [0.1, 0.15) is 19.3 Å². The van der Waals surface area contributed by atoms with Crippen molar-refractivity contribution in [3.63, 3.8) is 0 Å². The first kappa shape index (κ1) is 7.53. The van der Waals surface area contributed by atoms with Gasteiger partial charge in [0.25, 0.3) is 0 Å². The minimum atomic E-state index is 0.345. The first-order valence-electron chi connectivity index (χ1n) is 4.46. The first-order chi connectivity index (χ1) is 5.40. The Kier molecular flexibility index (Phi) is 2.11. The molecule has 64 valence electrons. The molecule has 3 heteroatoms. The van der Waals surface area contributed by atoms with E-state index in [0.29, 0.717) is 12.3 Å². The maximum atomic E-state index is 5.38. The highest BCUT2D eigenvalue weighted by Gasteiger charge is 2.39. The Balaban J connectivity index is 1.66. The number of hydrogen-bond acceptors (Lipinski definition) is 3. The van der Waals surface area contributed by atoms with Crippen molar-refractivity contribution in [3.05, 3.63) is 0 Å². The van der Waals surface area contributed by atoms with E-state index in [9.17, 15) is 0 Å². The SMILES string of the molecule is CN[C@@H]1O[C@@H]1C[C@H]1CCCN1. The zero-order chi connectivity index (χ0) is 7.68. The van der Waals surface area contributed by atoms with Crippen LogP contribution in [0.3, 0.4) is 0 Å². The average Bonchev–Trinajstić information content (AvgIpc) is 2.54. The Morgan fingerprint density at radius 3 is 3.09 bits per heavy atom. The van der Waals surface area contributed by atoms with E-state index < -0.39 is 0 Å². The van der Waals surface area contributed by atoms with Crippen molar-refractivity contribution in [3.8, 4) is 0 Å². The molecule has 0 bridgehead atoms. The predicted molar refractivity (Wildman–Crippen MR) is 43.4 cm³/mol. The van der Waals surface area contributed by atoms with Gasteiger partial charge in [-0.3, -0.25) is 5.32 Å². The molecular formula is C8H16N2O. The zero-order valence-corrected chi connectivity index (χ0v) is 6.97. The van der Waals surface area contributed by atoms with Gasteiger partial charge in [-0.05, 0) is 32.9 Å². The van der Waals surface area contributed by atoms with Crippen LogP contribution in [0.2, 0.25) is 0 Å². The average molecular weight is 156 g/mol. The molecule has 0 saturated carbocycles. The fourth-order valence-corrected chi connectivity index (χ4v) is 1.81. The second-order valence-electron chi connectivity index (χ2n) is 3.41. The summed E-state index contributed by atoms with van der Waals surface area (Å²) in [5.74, 6) is 0. The monoisotopic (exact) mass is 156 g/mol. The Labute approximate surface area is 67.5 Å². The topological polar surface area (TPSA) is 36.6 Å². The lowest BCUT2D eigenvalue weighted by atomic mass is 10.1. The standard InChI is InChI=1S/C8H16N2O/c1-9-8-7(11-8)5-6-3-2-4-10-6/h6-10H,2-5H2,1H3/t6-,7-,8-/m1/s1. The lowest BCUT2D eigenvalue weighted by Gasteiger charge is -2.06. The van der Waals surface area contributed by atoms with Crippen LogP contribution < -0.4 is 10.6 Å². The zero-order valence-electron chi connectivity index (χ0n) is 6.97. The summed E-state index contributed by atoms with van der Waals surface area (Å²) in [6.45, 7) is 1.20. The molecule has 2 heterocycles. The smallest absolute Gasteiger partial charge is 0.135 e. The maximum absolute atomic E-state index is 5.38. The molecule has 0 amide bonds. The summed E-state index contributed by atoms with van der Waals surface area (Å²) in [7, 11) is 1.95. The van der Waals surface area contributed by atoms with E-state index in [4.69, 9.17) is 4.74 Å². The van der Waals surface area contributed by atoms with Crippen LogP contribution >= 0.6 is 0 Å². The maximum Gasteiger partial charge on any atom is 0.135 e. The van der Waals surface area contributed by atoms with Crippen molar-refractivity contribution >= 4 is 0 Å². The van der Waals surface area contributed by atoms with E-state index in [1.807, 2.05) is 7.05 Å². The Morgan fingerprint density at radius 1 is 1.64 bits per heavy atom. The normalized spacial score (nSPS) is 42.8. The van der Waals surface area contributed by atoms with Gasteiger partial charge in [0.1, 0.15) is 12.3 Å². The Hall–Kier alpha value is -0.120. The highest BCUT2D eigenvalue weighted by atomic mass is 16.6. The van der Waals surface area contributed by atoms with Gasteiger partial charge >= 0.3 is 0 Å². The van der Waals surface area contributed by atoms with E-state index in [0.717, 1.165) is 6.04 Å². The molecule has 0 aliphatic carbocycles. The van der Waals surface area contributed by atoms with Crippen molar-refractivity contribution < 1.29 is 4.74 Å². The second kappa shape index (κ2) is 3.09. The minimum absolute atomic E-state index is 0.345. The molecule has 2 rings (SSSR count). The third-order valence-corrected chi connectivity index (χ3v) is 2.55. The van der Waals surface area contributed by atoms with Gasteiger partial charge in [-0.25, -0.2) is 0 Å². The molecule has 11 heavy (non-hydrogen) atoms. The van der Waals surface area contributed by atoms with Crippen LogP contribution in [-0.2, 0) is 4.74 Å². The molecule has 2 aliphatic rings. The Morgan fingerprint density at radius 2 is 2.55 bits per heavy atom. The number of likely N-dealkylation sites (N-methyl/N-ethyl adjacent to an activating group) is 1. The second-order valence-corrected chi connectivity index (χ2v) is 3.41. The lowest BCUT2D eigenvalue weighted by molar-refractivity contribution is 0.336. The fraction of sp³-hybridized carbons (Fsp3) is 1.00. The van der Waals surface area contributed by atoms with Crippen molar-refractivity contribution in [2.75, 3.05) is 13.6 Å². The van der Waals surface area contributed by atoms with Gasteiger partial charge in [-0.15, -0.1) is 0 Å². The number of hydrogen-bond donors (Lipinski definition) is 2. The quantitative estimate of drug-likeness (QED) is 0.568. The van der Waals surface area contributed by atoms with Crippen LogP contribution in [0.5, 0.6) is 0 Å². The molecule has 0 aromatic carbocycles. The van der Waals surface area contributed by atoms with Crippen molar-refractivity contribution in [2.24, 2.45) is 0 Å². The van der Waals surface area contributed by atoms with E-state index in [-0.39, 0.29) is 0 Å². The minimum Gasteiger partial charge on any atom is -0.353 e. The van der Waals surface area contributed by atoms with Crippen LogP contribution in [0, 0.1) is 0 Å². The van der Waals surface area contributed by atoms with E-state index >= 15 is 0 Å². The van der Waals surface area contributed by atoms with Gasteiger partial charge in [0.15, 0.2) is 0 Å². The van der Waals surface area contributed by atoms with Gasteiger partial charge in [0.2, 0.25) is 0 Å². The van der Waals surface area contributed by atoms with Crippen molar-refractivity contribution in [2.45, 2.75) is 37.6 Å². The van der Waals surface area contributed by atoms with Crippen molar-refractivity contribution in [1.29, 1.82) is 0 Å². The Bertz CT molecular complexity index is 134. The molecule has 2 N–H and O–H groups in total. The number of epoxide rings is 1. The van der Waals surface area contributed by atoms with Crippen LogP contribution in [0.4, 0.5) is 0 Å². The fourth-order valence-electron chi connectivity index (χ4n) is 1.81. The summed E-state index contributed by atoms with van der Waals surface area (Å²) >= 11 is 0. The van der Waals surface area contributed by atoms with Gasteiger partial charge in [0, 0.05) is 6.04 Å². The van der Waals surface area contributed by atoms with Gasteiger partial charge < -0.3 is 10.1 Å². The summed E-state index contributed by atoms with van der Waals surface area (Å²) in [6, 6.07) is 0.721. The summed E-state index contributed by atoms with van der Waals surface area (Å²) in [5.41, 5.74) is 0.